The van der Waals surface area contributed by atoms with Gasteiger partial charge in [-0.3, -0.25) is 9.59 Å². The van der Waals surface area contributed by atoms with Crippen molar-refractivity contribution in [3.05, 3.63) is 95.7 Å². The first-order valence-electron chi connectivity index (χ1n) is 11.1. The number of carbonyl (C=O) groups is 2. The van der Waals surface area contributed by atoms with Crippen molar-refractivity contribution in [3.63, 3.8) is 0 Å². The van der Waals surface area contributed by atoms with Crippen molar-refractivity contribution in [1.29, 1.82) is 5.26 Å². The van der Waals surface area contributed by atoms with Crippen LogP contribution in [0.3, 0.4) is 0 Å². The number of benzene rings is 3. The Morgan fingerprint density at radius 2 is 1.76 bits per heavy atom. The molecule has 1 amide bonds. The number of hydrogen-bond acceptors (Lipinski definition) is 5. The Hall–Kier alpha value is -4.91. The van der Waals surface area contributed by atoms with Crippen LogP contribution < -0.4 is 10.1 Å². The van der Waals surface area contributed by atoms with Gasteiger partial charge in [0.15, 0.2) is 5.92 Å². The molecule has 10 heteroatoms. The Morgan fingerprint density at radius 3 is 2.49 bits per heavy atom. The van der Waals surface area contributed by atoms with Gasteiger partial charge in [0.2, 0.25) is 11.7 Å². The van der Waals surface area contributed by atoms with Crippen molar-refractivity contribution in [3.8, 4) is 28.8 Å². The number of anilines is 1. The topological polar surface area (TPSA) is 97.0 Å². The zero-order valence-electron chi connectivity index (χ0n) is 19.0. The lowest BCUT2D eigenvalue weighted by atomic mass is 9.96. The van der Waals surface area contributed by atoms with Crippen molar-refractivity contribution in [1.82, 2.24) is 9.78 Å². The Kier molecular flexibility index (Phi) is 5.97. The summed E-state index contributed by atoms with van der Waals surface area (Å²) in [5, 5.41) is 16.6. The van der Waals surface area contributed by atoms with Gasteiger partial charge in [0.05, 0.1) is 23.0 Å². The average Bonchev–Trinajstić information content (AvgIpc) is 3.29. The molecule has 1 atom stereocenters. The zero-order chi connectivity index (χ0) is 26.2. The van der Waals surface area contributed by atoms with Gasteiger partial charge in [0.1, 0.15) is 18.1 Å². The summed E-state index contributed by atoms with van der Waals surface area (Å²) in [6, 6.07) is 21.4. The van der Waals surface area contributed by atoms with Gasteiger partial charge in [0.25, 0.3) is 0 Å². The second kappa shape index (κ2) is 9.28. The van der Waals surface area contributed by atoms with E-state index in [2.05, 4.69) is 10.4 Å². The molecule has 184 valence electrons. The largest absolute Gasteiger partial charge is 0.488 e. The molecule has 7 nitrogen and oxygen atoms in total. The van der Waals surface area contributed by atoms with Crippen LogP contribution in [0, 0.1) is 17.2 Å². The smallest absolute Gasteiger partial charge is 0.416 e. The van der Waals surface area contributed by atoms with Crippen LogP contribution in [0.4, 0.5) is 18.9 Å². The molecule has 1 N–H and O–H groups in total. The molecule has 5 rings (SSSR count). The zero-order valence-corrected chi connectivity index (χ0v) is 19.0. The monoisotopic (exact) mass is 502 g/mol. The second-order valence-corrected chi connectivity index (χ2v) is 8.20. The number of ether oxygens (including phenoxy) is 1. The fourth-order valence-electron chi connectivity index (χ4n) is 4.11. The summed E-state index contributed by atoms with van der Waals surface area (Å²) in [6.45, 7) is -0.120. The molecule has 4 aromatic rings. The van der Waals surface area contributed by atoms with E-state index < -0.39 is 29.3 Å². The van der Waals surface area contributed by atoms with E-state index in [-0.39, 0.29) is 23.6 Å². The van der Waals surface area contributed by atoms with Crippen molar-refractivity contribution >= 4 is 17.4 Å². The first-order chi connectivity index (χ1) is 17.8. The van der Waals surface area contributed by atoms with Crippen LogP contribution in [0.5, 0.6) is 5.75 Å². The number of fused-ring (bicyclic) bond motifs is 3. The summed E-state index contributed by atoms with van der Waals surface area (Å²) >= 11 is 0. The van der Waals surface area contributed by atoms with Crippen LogP contribution in [-0.2, 0) is 17.6 Å². The number of aromatic nitrogens is 2. The quantitative estimate of drug-likeness (QED) is 0.291. The first kappa shape index (κ1) is 23.8. The Labute approximate surface area is 208 Å². The molecule has 1 aromatic heterocycles. The molecular weight excluding hydrogens is 485 g/mol. The third-order valence-electron chi connectivity index (χ3n) is 5.84. The summed E-state index contributed by atoms with van der Waals surface area (Å²) in [6.07, 6.45) is -4.59. The highest BCUT2D eigenvalue weighted by Gasteiger charge is 2.37. The van der Waals surface area contributed by atoms with Crippen LogP contribution in [0.25, 0.3) is 16.9 Å². The van der Waals surface area contributed by atoms with E-state index in [4.69, 9.17) is 4.74 Å². The third-order valence-corrected chi connectivity index (χ3v) is 5.84. The van der Waals surface area contributed by atoms with Gasteiger partial charge in [-0.2, -0.15) is 23.5 Å². The number of Topliss-reactive ketones (excluding diaryl/α,β-unsaturated/α-hetero) is 1. The fourth-order valence-corrected chi connectivity index (χ4v) is 4.11. The number of rotatable bonds is 5. The molecule has 0 bridgehead atoms. The molecule has 1 aliphatic rings. The number of halogens is 3. The van der Waals surface area contributed by atoms with E-state index in [0.29, 0.717) is 22.7 Å². The molecule has 0 radical (unpaired) electrons. The predicted octanol–water partition coefficient (Wildman–Crippen LogP) is 5.41. The number of carbonyl (C=O) groups excluding carboxylic acids is 2. The van der Waals surface area contributed by atoms with E-state index in [1.165, 1.54) is 16.8 Å². The van der Waals surface area contributed by atoms with Crippen LogP contribution >= 0.6 is 0 Å². The fraction of sp³-hybridized carbons (Fsp3) is 0.111. The van der Waals surface area contributed by atoms with Crippen LogP contribution in [0.2, 0.25) is 0 Å². The Bertz CT molecular complexity index is 1560. The van der Waals surface area contributed by atoms with Crippen molar-refractivity contribution in [2.75, 3.05) is 5.32 Å². The van der Waals surface area contributed by atoms with Crippen LogP contribution in [0.1, 0.15) is 21.6 Å². The average molecular weight is 502 g/mol. The standard InChI is InChI=1S/C27H17F3N4O3/c28-27(29,30)16-7-6-10-18(13-16)34-24-19-11-4-5-12-22(19)37-15-21(24)23(33-34)25(35)20(14-31)26(36)32-17-8-2-1-3-9-17/h1-13,20H,15H2,(H,32,36). The van der Waals surface area contributed by atoms with Gasteiger partial charge < -0.3 is 10.1 Å². The molecular formula is C27H17F3N4O3. The molecule has 0 fully saturated rings. The molecule has 1 aliphatic heterocycles. The number of nitriles is 1. The predicted molar refractivity (Wildman–Crippen MR) is 127 cm³/mol. The van der Waals surface area contributed by atoms with E-state index in [9.17, 15) is 28.0 Å². The van der Waals surface area contributed by atoms with E-state index >= 15 is 0 Å². The van der Waals surface area contributed by atoms with Crippen molar-refractivity contribution in [2.45, 2.75) is 12.8 Å². The number of amides is 1. The molecule has 1 unspecified atom stereocenters. The number of hydrogen-bond donors (Lipinski definition) is 1. The summed E-state index contributed by atoms with van der Waals surface area (Å²) in [4.78, 5) is 26.3. The molecule has 0 saturated heterocycles. The SMILES string of the molecule is N#CC(C(=O)Nc1ccccc1)C(=O)c1nn(-c2cccc(C(F)(F)F)c2)c2c1COc1ccccc1-2. The summed E-state index contributed by atoms with van der Waals surface area (Å²) in [7, 11) is 0. The summed E-state index contributed by atoms with van der Waals surface area (Å²) in [5.74, 6) is -3.02. The maximum Gasteiger partial charge on any atom is 0.416 e. The second-order valence-electron chi connectivity index (χ2n) is 8.20. The molecule has 0 spiro atoms. The third kappa shape index (κ3) is 4.43. The molecule has 2 heterocycles. The first-order valence-corrected chi connectivity index (χ1v) is 11.1. The highest BCUT2D eigenvalue weighted by Crippen LogP contribution is 2.41. The number of ketones is 1. The molecule has 0 saturated carbocycles. The lowest BCUT2D eigenvalue weighted by Crippen LogP contribution is -2.29. The van der Waals surface area contributed by atoms with Gasteiger partial charge >= 0.3 is 6.18 Å². The summed E-state index contributed by atoms with van der Waals surface area (Å²) in [5.41, 5.74) is 0.475. The minimum Gasteiger partial charge on any atom is -0.488 e. The molecule has 3 aromatic carbocycles. The number of nitrogens with one attached hydrogen (secondary N) is 1. The van der Waals surface area contributed by atoms with E-state index in [1.807, 2.05) is 0 Å². The minimum atomic E-state index is -4.59. The number of alkyl halides is 3. The highest BCUT2D eigenvalue weighted by molar-refractivity contribution is 6.15. The number of nitrogens with zero attached hydrogens (tertiary/aromatic N) is 3. The maximum absolute atomic E-state index is 13.5. The highest BCUT2D eigenvalue weighted by atomic mass is 19.4. The summed E-state index contributed by atoms with van der Waals surface area (Å²) < 4.78 is 47.3. The molecule has 0 aliphatic carbocycles. The van der Waals surface area contributed by atoms with Gasteiger partial charge in [-0.15, -0.1) is 0 Å². The maximum atomic E-state index is 13.5. The minimum absolute atomic E-state index is 0.0593. The van der Waals surface area contributed by atoms with Crippen LogP contribution in [0.15, 0.2) is 78.9 Å². The Balaban J connectivity index is 1.62. The Morgan fingerprint density at radius 1 is 1.03 bits per heavy atom. The molecule has 37 heavy (non-hydrogen) atoms. The van der Waals surface area contributed by atoms with Crippen molar-refractivity contribution < 1.29 is 27.5 Å². The lowest BCUT2D eigenvalue weighted by Gasteiger charge is -2.20. The number of para-hydroxylation sites is 2. The van der Waals surface area contributed by atoms with Gasteiger partial charge in [-0.05, 0) is 42.5 Å². The van der Waals surface area contributed by atoms with Crippen molar-refractivity contribution in [2.24, 2.45) is 5.92 Å². The van der Waals surface area contributed by atoms with E-state index in [1.54, 1.807) is 60.7 Å². The van der Waals surface area contributed by atoms with Gasteiger partial charge in [-0.1, -0.05) is 36.4 Å². The van der Waals surface area contributed by atoms with E-state index in [0.717, 1.165) is 12.1 Å². The van der Waals surface area contributed by atoms with Gasteiger partial charge in [-0.25, -0.2) is 4.68 Å². The lowest BCUT2D eigenvalue weighted by molar-refractivity contribution is -0.137. The van der Waals surface area contributed by atoms with Gasteiger partial charge in [0, 0.05) is 16.8 Å². The van der Waals surface area contributed by atoms with Crippen LogP contribution in [-0.4, -0.2) is 21.5 Å². The normalized spacial score (nSPS) is 12.9.